The number of urea groups is 1. The average molecular weight is 426 g/mol. The van der Waals surface area contributed by atoms with Crippen molar-refractivity contribution in [3.05, 3.63) is 35.9 Å². The lowest BCUT2D eigenvalue weighted by Gasteiger charge is -2.39. The van der Waals surface area contributed by atoms with Crippen molar-refractivity contribution in [3.8, 4) is 0 Å². The van der Waals surface area contributed by atoms with Crippen LogP contribution < -0.4 is 10.6 Å². The summed E-state index contributed by atoms with van der Waals surface area (Å²) in [6.07, 6.45) is 9.46. The van der Waals surface area contributed by atoms with Gasteiger partial charge in [-0.1, -0.05) is 70.4 Å². The van der Waals surface area contributed by atoms with Crippen LogP contribution in [-0.2, 0) is 11.2 Å². The quantitative estimate of drug-likeness (QED) is 0.721. The number of benzene rings is 1. The number of nitrogens with zero attached hydrogens (tertiary/aromatic N) is 1. The lowest BCUT2D eigenvalue weighted by atomic mass is 9.65. The van der Waals surface area contributed by atoms with Crippen LogP contribution >= 0.6 is 0 Å². The number of nitrogens with one attached hydrogen (secondary N) is 2. The summed E-state index contributed by atoms with van der Waals surface area (Å²) in [5.41, 5.74) is 1.52. The van der Waals surface area contributed by atoms with Crippen molar-refractivity contribution >= 4 is 11.9 Å². The van der Waals surface area contributed by atoms with Gasteiger partial charge in [-0.05, 0) is 48.5 Å². The normalized spacial score (nSPS) is 28.7. The minimum atomic E-state index is -0.531. The second-order valence-electron chi connectivity index (χ2n) is 11.4. The van der Waals surface area contributed by atoms with E-state index in [1.807, 2.05) is 30.3 Å². The molecule has 4 rings (SSSR count). The maximum Gasteiger partial charge on any atom is 0.315 e. The fraction of sp³-hybridized carbons (Fsp3) is 0.692. The Morgan fingerprint density at radius 3 is 2.48 bits per heavy atom. The molecule has 3 amide bonds. The van der Waals surface area contributed by atoms with Gasteiger partial charge in [-0.3, -0.25) is 4.79 Å². The molecule has 3 unspecified atom stereocenters. The van der Waals surface area contributed by atoms with E-state index in [0.29, 0.717) is 6.42 Å². The third-order valence-corrected chi connectivity index (χ3v) is 7.52. The van der Waals surface area contributed by atoms with Gasteiger partial charge >= 0.3 is 6.03 Å². The Kier molecular flexibility index (Phi) is 6.32. The topological polar surface area (TPSA) is 61.4 Å². The maximum atomic E-state index is 13.8. The van der Waals surface area contributed by atoms with Gasteiger partial charge in [0.05, 0.1) is 0 Å². The van der Waals surface area contributed by atoms with Gasteiger partial charge in [-0.2, -0.15) is 0 Å². The summed E-state index contributed by atoms with van der Waals surface area (Å²) in [6, 6.07) is 9.82. The summed E-state index contributed by atoms with van der Waals surface area (Å²) >= 11 is 0. The van der Waals surface area contributed by atoms with Crippen LogP contribution in [0.15, 0.2) is 30.3 Å². The number of carbonyl (C=O) groups excluding carboxylic acids is 2. The third-order valence-electron chi connectivity index (χ3n) is 7.52. The SMILES string of the molecule is CC1(C)CC2CC(C)(CN2C(=O)C(Cc2ccccc2)NC(=O)NC2CCCCC2)C1. The molecule has 0 spiro atoms. The summed E-state index contributed by atoms with van der Waals surface area (Å²) in [4.78, 5) is 28.7. The first-order valence-electron chi connectivity index (χ1n) is 12.1. The Morgan fingerprint density at radius 1 is 1.06 bits per heavy atom. The number of hydrogen-bond donors (Lipinski definition) is 2. The fourth-order valence-electron chi connectivity index (χ4n) is 6.60. The number of likely N-dealkylation sites (tertiary alicyclic amines) is 1. The van der Waals surface area contributed by atoms with E-state index in [1.54, 1.807) is 0 Å². The molecule has 170 valence electrons. The third kappa shape index (κ3) is 5.42. The zero-order chi connectivity index (χ0) is 22.1. The average Bonchev–Trinajstić information content (AvgIpc) is 2.97. The molecule has 2 saturated carbocycles. The van der Waals surface area contributed by atoms with Gasteiger partial charge < -0.3 is 15.5 Å². The van der Waals surface area contributed by atoms with Crippen LogP contribution in [0.25, 0.3) is 0 Å². The van der Waals surface area contributed by atoms with Crippen molar-refractivity contribution in [2.75, 3.05) is 6.54 Å². The number of carbonyl (C=O) groups is 2. The number of amides is 3. The Hall–Kier alpha value is -2.04. The highest BCUT2D eigenvalue weighted by atomic mass is 16.2. The smallest absolute Gasteiger partial charge is 0.315 e. The first-order valence-corrected chi connectivity index (χ1v) is 12.1. The minimum Gasteiger partial charge on any atom is -0.337 e. The molecular weight excluding hydrogens is 386 g/mol. The van der Waals surface area contributed by atoms with Gasteiger partial charge in [0.25, 0.3) is 0 Å². The predicted octanol–water partition coefficient (Wildman–Crippen LogP) is 4.66. The zero-order valence-electron chi connectivity index (χ0n) is 19.5. The molecule has 0 aromatic heterocycles. The molecule has 0 radical (unpaired) electrons. The first kappa shape index (κ1) is 22.2. The van der Waals surface area contributed by atoms with Crippen molar-refractivity contribution < 1.29 is 9.59 Å². The predicted molar refractivity (Wildman–Crippen MR) is 124 cm³/mol. The standard InChI is InChI=1S/C26H39N3O2/c1-25(2)15-21-16-26(3,17-25)18-29(21)23(30)22(14-19-10-6-4-7-11-19)28-24(31)27-20-12-8-5-9-13-20/h4,6-7,10-11,20-22H,5,8-9,12-18H2,1-3H3,(H2,27,28,31). The summed E-state index contributed by atoms with van der Waals surface area (Å²) in [5.74, 6) is 0.0778. The number of fused-ring (bicyclic) bond motifs is 2. The summed E-state index contributed by atoms with van der Waals surface area (Å²) in [5, 5.41) is 6.19. The van der Waals surface area contributed by atoms with Crippen LogP contribution in [0, 0.1) is 10.8 Å². The number of rotatable bonds is 5. The molecule has 3 aliphatic rings. The lowest BCUT2D eigenvalue weighted by Crippen LogP contribution is -2.54. The molecule has 2 bridgehead atoms. The van der Waals surface area contributed by atoms with Crippen molar-refractivity contribution in [2.45, 2.75) is 96.7 Å². The Labute approximate surface area is 187 Å². The Bertz CT molecular complexity index is 787. The van der Waals surface area contributed by atoms with E-state index in [4.69, 9.17) is 0 Å². The summed E-state index contributed by atoms with van der Waals surface area (Å²) < 4.78 is 0. The highest BCUT2D eigenvalue weighted by molar-refractivity contribution is 5.88. The zero-order valence-corrected chi connectivity index (χ0v) is 19.5. The molecule has 1 aromatic rings. The Morgan fingerprint density at radius 2 is 1.77 bits per heavy atom. The molecule has 1 saturated heterocycles. The molecular formula is C26H39N3O2. The summed E-state index contributed by atoms with van der Waals surface area (Å²) in [7, 11) is 0. The van der Waals surface area contributed by atoms with Crippen LogP contribution in [0.4, 0.5) is 4.79 Å². The van der Waals surface area contributed by atoms with Gasteiger partial charge in [0.2, 0.25) is 5.91 Å². The van der Waals surface area contributed by atoms with Gasteiger partial charge in [0.1, 0.15) is 6.04 Å². The highest BCUT2D eigenvalue weighted by Crippen LogP contribution is 2.52. The molecule has 2 N–H and O–H groups in total. The van der Waals surface area contributed by atoms with E-state index in [-0.39, 0.29) is 34.9 Å². The van der Waals surface area contributed by atoms with E-state index < -0.39 is 6.04 Å². The van der Waals surface area contributed by atoms with Gasteiger partial charge in [-0.15, -0.1) is 0 Å². The van der Waals surface area contributed by atoms with Crippen molar-refractivity contribution in [2.24, 2.45) is 10.8 Å². The van der Waals surface area contributed by atoms with E-state index >= 15 is 0 Å². The van der Waals surface area contributed by atoms with E-state index in [0.717, 1.165) is 44.2 Å². The van der Waals surface area contributed by atoms with E-state index in [9.17, 15) is 9.59 Å². The molecule has 1 aromatic carbocycles. The molecule has 31 heavy (non-hydrogen) atoms. The maximum absolute atomic E-state index is 13.8. The monoisotopic (exact) mass is 425 g/mol. The molecule has 1 aliphatic heterocycles. The van der Waals surface area contributed by atoms with Crippen LogP contribution in [0.2, 0.25) is 0 Å². The van der Waals surface area contributed by atoms with Crippen LogP contribution in [0.3, 0.4) is 0 Å². The molecule has 5 heteroatoms. The van der Waals surface area contributed by atoms with Gasteiger partial charge in [-0.25, -0.2) is 4.79 Å². The van der Waals surface area contributed by atoms with E-state index in [1.165, 1.54) is 19.3 Å². The highest BCUT2D eigenvalue weighted by Gasteiger charge is 2.51. The van der Waals surface area contributed by atoms with Gasteiger partial charge in [0.15, 0.2) is 0 Å². The first-order chi connectivity index (χ1) is 14.7. The largest absolute Gasteiger partial charge is 0.337 e. The van der Waals surface area contributed by atoms with Crippen molar-refractivity contribution in [1.29, 1.82) is 0 Å². The lowest BCUT2D eigenvalue weighted by molar-refractivity contribution is -0.134. The van der Waals surface area contributed by atoms with E-state index in [2.05, 4.69) is 36.3 Å². The molecule has 3 atom stereocenters. The second kappa shape index (κ2) is 8.84. The minimum absolute atomic E-state index is 0.0778. The van der Waals surface area contributed by atoms with Gasteiger partial charge in [0, 0.05) is 25.0 Å². The summed E-state index contributed by atoms with van der Waals surface area (Å²) in [6.45, 7) is 7.77. The Balaban J connectivity index is 1.48. The molecule has 2 aliphatic carbocycles. The fourth-order valence-corrected chi connectivity index (χ4v) is 6.60. The van der Waals surface area contributed by atoms with Crippen LogP contribution in [-0.4, -0.2) is 41.5 Å². The molecule has 1 heterocycles. The molecule has 5 nitrogen and oxygen atoms in total. The molecule has 3 fully saturated rings. The van der Waals surface area contributed by atoms with Crippen LogP contribution in [0.1, 0.15) is 77.7 Å². The number of hydrogen-bond acceptors (Lipinski definition) is 2. The van der Waals surface area contributed by atoms with Crippen molar-refractivity contribution in [1.82, 2.24) is 15.5 Å². The van der Waals surface area contributed by atoms with Crippen LogP contribution in [0.5, 0.6) is 0 Å². The second-order valence-corrected chi connectivity index (χ2v) is 11.4. The van der Waals surface area contributed by atoms with Crippen molar-refractivity contribution in [3.63, 3.8) is 0 Å².